The lowest BCUT2D eigenvalue weighted by Crippen LogP contribution is -2.26. The summed E-state index contributed by atoms with van der Waals surface area (Å²) in [5, 5.41) is 11.0. The van der Waals surface area contributed by atoms with Gasteiger partial charge < -0.3 is 20.1 Å². The van der Waals surface area contributed by atoms with Crippen molar-refractivity contribution in [3.63, 3.8) is 0 Å². The Morgan fingerprint density at radius 2 is 1.90 bits per heavy atom. The summed E-state index contributed by atoms with van der Waals surface area (Å²) in [7, 11) is 0. The average Bonchev–Trinajstić information content (AvgIpc) is 3.26. The van der Waals surface area contributed by atoms with Crippen molar-refractivity contribution in [3.8, 4) is 5.75 Å². The molecule has 0 amide bonds. The van der Waals surface area contributed by atoms with Crippen LogP contribution in [0.3, 0.4) is 0 Å². The molecule has 0 atom stereocenters. The van der Waals surface area contributed by atoms with Crippen molar-refractivity contribution in [3.05, 3.63) is 58.9 Å². The maximum absolute atomic E-state index is 10.6. The second-order valence-corrected chi connectivity index (χ2v) is 12.0. The Morgan fingerprint density at radius 1 is 1.12 bits per heavy atom. The van der Waals surface area contributed by atoms with Crippen LogP contribution in [-0.4, -0.2) is 44.5 Å². The number of phenolic OH excluding ortho intramolecular Hbond substituents is 1. The summed E-state index contributed by atoms with van der Waals surface area (Å²) in [6.45, 7) is 13.8. The molecule has 8 nitrogen and oxygen atoms in total. The Balaban J connectivity index is 1.71. The number of aromatic hydroxyl groups is 1. The molecule has 2 aromatic carbocycles. The largest absolute Gasteiger partial charge is 0.508 e. The highest BCUT2D eigenvalue weighted by Crippen LogP contribution is 2.34. The Morgan fingerprint density at radius 3 is 2.60 bits per heavy atom. The number of unbranched alkanes of at least 4 members (excludes halogenated alkanes) is 1. The minimum Gasteiger partial charge on any atom is -0.508 e. The molecule has 212 valence electrons. The van der Waals surface area contributed by atoms with Gasteiger partial charge in [0.25, 0.3) is 0 Å². The third kappa shape index (κ3) is 6.35. The topological polar surface area (TPSA) is 116 Å². The number of phenols is 1. The van der Waals surface area contributed by atoms with Crippen molar-refractivity contribution in [1.82, 2.24) is 14.5 Å². The summed E-state index contributed by atoms with van der Waals surface area (Å²) >= 11 is 0. The van der Waals surface area contributed by atoms with Crippen LogP contribution in [0, 0.1) is 6.92 Å². The molecule has 0 spiro atoms. The Labute approximate surface area is 236 Å². The van der Waals surface area contributed by atoms with Crippen LogP contribution in [0.1, 0.15) is 76.4 Å². The van der Waals surface area contributed by atoms with E-state index in [2.05, 4.69) is 48.5 Å². The molecule has 40 heavy (non-hydrogen) atoms. The molecule has 4 rings (SSSR count). The summed E-state index contributed by atoms with van der Waals surface area (Å²) in [5.41, 5.74) is 11.3. The highest BCUT2D eigenvalue weighted by molar-refractivity contribution is 6.06. The van der Waals surface area contributed by atoms with Gasteiger partial charge in [-0.25, -0.2) is 14.8 Å². The number of benzene rings is 2. The molecule has 0 fully saturated rings. The fraction of sp³-hybridized carbons (Fsp3) is 0.469. The molecule has 2 aromatic heterocycles. The number of nitrogens with two attached hydrogens (primary N) is 1. The minimum absolute atomic E-state index is 0.270. The molecule has 0 aliphatic heterocycles. The summed E-state index contributed by atoms with van der Waals surface area (Å²) in [6.07, 6.45) is 5.22. The van der Waals surface area contributed by atoms with Crippen LogP contribution in [0.5, 0.6) is 5.75 Å². The lowest BCUT2D eigenvalue weighted by Gasteiger charge is -2.26. The van der Waals surface area contributed by atoms with E-state index in [9.17, 15) is 9.90 Å². The van der Waals surface area contributed by atoms with Gasteiger partial charge in [0.15, 0.2) is 5.82 Å². The number of aromatic nitrogens is 3. The molecule has 0 saturated carbocycles. The van der Waals surface area contributed by atoms with Gasteiger partial charge in [0.2, 0.25) is 6.08 Å². The van der Waals surface area contributed by atoms with Gasteiger partial charge in [-0.3, -0.25) is 0 Å². The van der Waals surface area contributed by atoms with Crippen molar-refractivity contribution in [2.75, 3.05) is 18.9 Å². The monoisotopic (exact) mass is 543 g/mol. The van der Waals surface area contributed by atoms with Gasteiger partial charge in [-0.1, -0.05) is 51.5 Å². The summed E-state index contributed by atoms with van der Waals surface area (Å²) in [4.78, 5) is 24.2. The quantitative estimate of drug-likeness (QED) is 0.122. The zero-order chi connectivity index (χ0) is 29.1. The van der Waals surface area contributed by atoms with Gasteiger partial charge >= 0.3 is 0 Å². The van der Waals surface area contributed by atoms with E-state index in [-0.39, 0.29) is 5.41 Å². The number of anilines is 1. The van der Waals surface area contributed by atoms with Gasteiger partial charge in [0.05, 0.1) is 23.2 Å². The van der Waals surface area contributed by atoms with Gasteiger partial charge in [0, 0.05) is 30.4 Å². The number of isocyanates is 1. The number of rotatable bonds is 12. The van der Waals surface area contributed by atoms with E-state index in [0.29, 0.717) is 37.7 Å². The van der Waals surface area contributed by atoms with Crippen molar-refractivity contribution in [1.29, 1.82) is 0 Å². The second kappa shape index (κ2) is 11.8. The maximum atomic E-state index is 10.6. The van der Waals surface area contributed by atoms with Crippen LogP contribution in [0.4, 0.5) is 5.82 Å². The number of nitrogens with zero attached hydrogens (tertiary/aromatic N) is 4. The Bertz CT molecular complexity index is 1560. The summed E-state index contributed by atoms with van der Waals surface area (Å²) < 4.78 is 8.28. The van der Waals surface area contributed by atoms with Crippen LogP contribution < -0.4 is 5.73 Å². The first-order valence-corrected chi connectivity index (χ1v) is 14.0. The van der Waals surface area contributed by atoms with Crippen molar-refractivity contribution < 1.29 is 14.6 Å². The predicted octanol–water partition coefficient (Wildman–Crippen LogP) is 6.37. The maximum Gasteiger partial charge on any atom is 0.235 e. The van der Waals surface area contributed by atoms with Crippen molar-refractivity contribution >= 4 is 33.8 Å². The van der Waals surface area contributed by atoms with Crippen LogP contribution in [0.25, 0.3) is 21.9 Å². The van der Waals surface area contributed by atoms with Crippen LogP contribution in [-0.2, 0) is 27.9 Å². The number of nitrogen functional groups attached to an aromatic ring is 1. The van der Waals surface area contributed by atoms with E-state index in [0.717, 1.165) is 63.7 Å². The lowest BCUT2D eigenvalue weighted by molar-refractivity contribution is 0.0838. The number of imidazole rings is 1. The summed E-state index contributed by atoms with van der Waals surface area (Å²) in [5.74, 6) is 1.70. The van der Waals surface area contributed by atoms with Crippen LogP contribution >= 0.6 is 0 Å². The van der Waals surface area contributed by atoms with Gasteiger partial charge in [0.1, 0.15) is 17.1 Å². The molecule has 0 radical (unpaired) electrons. The Kier molecular flexibility index (Phi) is 8.62. The fourth-order valence-corrected chi connectivity index (χ4v) is 4.99. The van der Waals surface area contributed by atoms with E-state index >= 15 is 0 Å². The molecule has 3 N–H and O–H groups in total. The molecular formula is C32H41N5O3. The number of hydrogen-bond acceptors (Lipinski definition) is 7. The predicted molar refractivity (Wildman–Crippen MR) is 161 cm³/mol. The molecule has 0 aliphatic carbocycles. The van der Waals surface area contributed by atoms with Crippen molar-refractivity contribution in [2.24, 2.45) is 4.99 Å². The zero-order valence-corrected chi connectivity index (χ0v) is 24.5. The smallest absolute Gasteiger partial charge is 0.235 e. The molecule has 0 aliphatic rings. The highest BCUT2D eigenvalue weighted by Gasteiger charge is 2.24. The third-order valence-electron chi connectivity index (χ3n) is 7.59. The molecule has 0 saturated heterocycles. The molecular weight excluding hydrogens is 502 g/mol. The van der Waals surface area contributed by atoms with Gasteiger partial charge in [-0.2, -0.15) is 4.99 Å². The van der Waals surface area contributed by atoms with Gasteiger partial charge in [-0.05, 0) is 62.4 Å². The number of carbonyl (C=O) groups excluding carboxylic acids is 1. The number of ether oxygens (including phenoxy) is 1. The third-order valence-corrected chi connectivity index (χ3v) is 7.59. The van der Waals surface area contributed by atoms with E-state index in [4.69, 9.17) is 20.4 Å². The van der Waals surface area contributed by atoms with Crippen LogP contribution in [0.15, 0.2) is 41.4 Å². The molecule has 0 bridgehead atoms. The number of fused-ring (bicyclic) bond motifs is 3. The number of aryl methyl sites for hydroxylation is 2. The van der Waals surface area contributed by atoms with Crippen LogP contribution in [0.2, 0.25) is 0 Å². The molecule has 4 aromatic rings. The minimum atomic E-state index is -0.487. The first-order valence-electron chi connectivity index (χ1n) is 14.0. The SMILES string of the molecule is CCCCc1nc2c(N)nc3cc(C(C)(C)COCCC(C)(C)N=C=O)ccc3c2n1Cc1ccc(O)c(C)c1. The normalized spacial score (nSPS) is 12.2. The molecule has 0 unspecified atom stereocenters. The zero-order valence-electron chi connectivity index (χ0n) is 24.5. The standard InChI is InChI=1S/C32H41N5O3/c1-7-8-9-27-36-28-29(37(27)18-22-10-13-26(39)21(2)16-22)24-12-11-23(17-25(24)35-30(28)33)31(3,4)19-40-15-14-32(5,6)34-20-38/h10-13,16-17,39H,7-9,14-15,18-19H2,1-6H3,(H2,33,35). The van der Waals surface area contributed by atoms with E-state index in [1.54, 1.807) is 12.1 Å². The first-order chi connectivity index (χ1) is 19.0. The molecule has 8 heteroatoms. The highest BCUT2D eigenvalue weighted by atomic mass is 16.5. The average molecular weight is 544 g/mol. The second-order valence-electron chi connectivity index (χ2n) is 12.0. The summed E-state index contributed by atoms with van der Waals surface area (Å²) in [6, 6.07) is 12.1. The van der Waals surface area contributed by atoms with E-state index in [1.807, 2.05) is 32.9 Å². The first kappa shape index (κ1) is 29.2. The molecule has 2 heterocycles. The number of hydrogen-bond donors (Lipinski definition) is 2. The number of pyridine rings is 1. The Hall–Kier alpha value is -3.74. The van der Waals surface area contributed by atoms with Gasteiger partial charge in [-0.15, -0.1) is 0 Å². The van der Waals surface area contributed by atoms with Crippen molar-refractivity contribution in [2.45, 2.75) is 84.7 Å². The number of aliphatic imine (C=N–C) groups is 1. The van der Waals surface area contributed by atoms with E-state index < -0.39 is 5.54 Å². The van der Waals surface area contributed by atoms with E-state index in [1.165, 1.54) is 0 Å². The fourth-order valence-electron chi connectivity index (χ4n) is 4.99. The lowest BCUT2D eigenvalue weighted by atomic mass is 9.85.